The highest BCUT2D eigenvalue weighted by Gasteiger charge is 2.03. The Morgan fingerprint density at radius 1 is 1.11 bits per heavy atom. The van der Waals surface area contributed by atoms with Crippen molar-refractivity contribution in [2.24, 2.45) is 4.99 Å². The van der Waals surface area contributed by atoms with Crippen molar-refractivity contribution < 1.29 is 9.47 Å². The Hall–Kier alpha value is -3.06. The van der Waals surface area contributed by atoms with Crippen LogP contribution in [0.5, 0.6) is 17.4 Å². The van der Waals surface area contributed by atoms with E-state index in [1.54, 1.807) is 31.7 Å². The minimum atomic E-state index is 0.537. The van der Waals surface area contributed by atoms with Crippen molar-refractivity contribution in [1.29, 1.82) is 0 Å². The lowest BCUT2D eigenvalue weighted by Crippen LogP contribution is -2.37. The molecule has 0 aliphatic heterocycles. The van der Waals surface area contributed by atoms with Gasteiger partial charge in [-0.25, -0.2) is 4.98 Å². The number of nitrogens with zero attached hydrogens (tertiary/aromatic N) is 2. The number of ether oxygens (including phenoxy) is 2. The molecule has 0 atom stereocenters. The molecule has 146 valence electrons. The SMILES string of the molecule is CN=C(NCCc1cccs1)NCc1ccc(Oc2cccc(OC)c2)nc1. The number of rotatable bonds is 8. The predicted molar refractivity (Wildman–Crippen MR) is 114 cm³/mol. The smallest absolute Gasteiger partial charge is 0.219 e. The second-order valence-electron chi connectivity index (χ2n) is 5.97. The van der Waals surface area contributed by atoms with Crippen LogP contribution in [0.2, 0.25) is 0 Å². The number of guanidine groups is 1. The average Bonchev–Trinajstić information content (AvgIpc) is 3.25. The summed E-state index contributed by atoms with van der Waals surface area (Å²) >= 11 is 1.77. The first-order valence-electron chi connectivity index (χ1n) is 9.00. The molecular formula is C21H24N4O2S. The van der Waals surface area contributed by atoms with Gasteiger partial charge in [-0.2, -0.15) is 0 Å². The highest BCUT2D eigenvalue weighted by atomic mass is 32.1. The lowest BCUT2D eigenvalue weighted by atomic mass is 10.3. The van der Waals surface area contributed by atoms with Gasteiger partial charge in [0.25, 0.3) is 0 Å². The van der Waals surface area contributed by atoms with Gasteiger partial charge in [-0.15, -0.1) is 11.3 Å². The topological polar surface area (TPSA) is 67.8 Å². The van der Waals surface area contributed by atoms with Gasteiger partial charge in [-0.1, -0.05) is 18.2 Å². The molecule has 3 rings (SSSR count). The fraction of sp³-hybridized carbons (Fsp3) is 0.238. The number of thiophene rings is 1. The largest absolute Gasteiger partial charge is 0.497 e. The first kappa shape index (κ1) is 19.7. The first-order chi connectivity index (χ1) is 13.8. The van der Waals surface area contributed by atoms with Crippen molar-refractivity contribution in [3.05, 3.63) is 70.5 Å². The van der Waals surface area contributed by atoms with Crippen molar-refractivity contribution in [1.82, 2.24) is 15.6 Å². The van der Waals surface area contributed by atoms with Crippen molar-refractivity contribution in [3.63, 3.8) is 0 Å². The number of benzene rings is 1. The summed E-state index contributed by atoms with van der Waals surface area (Å²) in [6.45, 7) is 1.47. The molecule has 2 N–H and O–H groups in total. The molecule has 0 unspecified atom stereocenters. The molecule has 0 amide bonds. The molecule has 0 radical (unpaired) electrons. The van der Waals surface area contributed by atoms with Crippen LogP contribution in [0, 0.1) is 0 Å². The fourth-order valence-electron chi connectivity index (χ4n) is 2.53. The lowest BCUT2D eigenvalue weighted by Gasteiger charge is -2.12. The van der Waals surface area contributed by atoms with Crippen LogP contribution in [0.15, 0.2) is 65.1 Å². The lowest BCUT2D eigenvalue weighted by molar-refractivity contribution is 0.407. The van der Waals surface area contributed by atoms with Gasteiger partial charge in [0.05, 0.1) is 7.11 Å². The highest BCUT2D eigenvalue weighted by molar-refractivity contribution is 7.09. The van der Waals surface area contributed by atoms with Crippen LogP contribution < -0.4 is 20.1 Å². The maximum Gasteiger partial charge on any atom is 0.219 e. The van der Waals surface area contributed by atoms with Gasteiger partial charge >= 0.3 is 0 Å². The standard InChI is InChI=1S/C21H24N4O2S/c1-22-21(23-11-10-19-7-4-12-28-19)25-15-16-8-9-20(24-14-16)27-18-6-3-5-17(13-18)26-2/h3-9,12-14H,10-11,15H2,1-2H3,(H2,22,23,25). The van der Waals surface area contributed by atoms with Crippen molar-refractivity contribution in [2.75, 3.05) is 20.7 Å². The Kier molecular flexibility index (Phi) is 7.26. The van der Waals surface area contributed by atoms with Crippen LogP contribution >= 0.6 is 11.3 Å². The van der Waals surface area contributed by atoms with E-state index in [2.05, 4.69) is 38.1 Å². The van der Waals surface area contributed by atoms with Crippen LogP contribution in [-0.2, 0) is 13.0 Å². The van der Waals surface area contributed by atoms with Crippen LogP contribution in [0.4, 0.5) is 0 Å². The third-order valence-electron chi connectivity index (χ3n) is 3.99. The summed E-state index contributed by atoms with van der Waals surface area (Å²) in [7, 11) is 3.40. The van der Waals surface area contributed by atoms with Gasteiger partial charge in [0.15, 0.2) is 5.96 Å². The first-order valence-corrected chi connectivity index (χ1v) is 9.88. The Labute approximate surface area is 169 Å². The molecule has 0 saturated carbocycles. The molecule has 0 bridgehead atoms. The van der Waals surface area contributed by atoms with E-state index in [0.29, 0.717) is 18.2 Å². The van der Waals surface area contributed by atoms with E-state index in [-0.39, 0.29) is 0 Å². The van der Waals surface area contributed by atoms with Gasteiger partial charge in [0, 0.05) is 43.3 Å². The minimum absolute atomic E-state index is 0.537. The monoisotopic (exact) mass is 396 g/mol. The fourth-order valence-corrected chi connectivity index (χ4v) is 3.24. The molecule has 0 spiro atoms. The molecule has 7 heteroatoms. The second kappa shape index (κ2) is 10.3. The molecule has 2 aromatic heterocycles. The number of hydrogen-bond acceptors (Lipinski definition) is 5. The number of aliphatic imine (C=N–C) groups is 1. The van der Waals surface area contributed by atoms with Gasteiger partial charge in [-0.3, -0.25) is 4.99 Å². The minimum Gasteiger partial charge on any atom is -0.497 e. The molecule has 6 nitrogen and oxygen atoms in total. The number of nitrogens with one attached hydrogen (secondary N) is 2. The molecule has 0 aliphatic carbocycles. The summed E-state index contributed by atoms with van der Waals surface area (Å²) in [5.41, 5.74) is 1.04. The highest BCUT2D eigenvalue weighted by Crippen LogP contribution is 2.23. The summed E-state index contributed by atoms with van der Waals surface area (Å²) < 4.78 is 11.0. The summed E-state index contributed by atoms with van der Waals surface area (Å²) in [5.74, 6) is 2.74. The average molecular weight is 397 g/mol. The Morgan fingerprint density at radius 2 is 2.00 bits per heavy atom. The Morgan fingerprint density at radius 3 is 2.71 bits per heavy atom. The summed E-state index contributed by atoms with van der Waals surface area (Å²) in [6, 6.07) is 15.5. The van der Waals surface area contributed by atoms with E-state index >= 15 is 0 Å². The van der Waals surface area contributed by atoms with Crippen LogP contribution in [-0.4, -0.2) is 31.6 Å². The van der Waals surface area contributed by atoms with Crippen molar-refractivity contribution in [3.8, 4) is 17.4 Å². The Bertz CT molecular complexity index is 880. The molecule has 28 heavy (non-hydrogen) atoms. The van der Waals surface area contributed by atoms with E-state index in [4.69, 9.17) is 9.47 Å². The maximum absolute atomic E-state index is 5.76. The van der Waals surface area contributed by atoms with E-state index in [9.17, 15) is 0 Å². The summed E-state index contributed by atoms with van der Waals surface area (Å²) in [4.78, 5) is 9.98. The van der Waals surface area contributed by atoms with Crippen LogP contribution in [0.25, 0.3) is 0 Å². The molecule has 2 heterocycles. The molecule has 0 aliphatic rings. The van der Waals surface area contributed by atoms with Gasteiger partial charge < -0.3 is 20.1 Å². The third-order valence-corrected chi connectivity index (χ3v) is 4.92. The van der Waals surface area contributed by atoms with Gasteiger partial charge in [-0.05, 0) is 35.6 Å². The summed E-state index contributed by atoms with van der Waals surface area (Å²) in [5, 5.41) is 8.71. The zero-order chi connectivity index (χ0) is 19.6. The maximum atomic E-state index is 5.76. The normalized spacial score (nSPS) is 11.1. The third kappa shape index (κ3) is 5.99. The van der Waals surface area contributed by atoms with Gasteiger partial charge in [0.1, 0.15) is 11.5 Å². The molecular weight excluding hydrogens is 372 g/mol. The zero-order valence-corrected chi connectivity index (χ0v) is 16.8. The van der Waals surface area contributed by atoms with Gasteiger partial charge in [0.2, 0.25) is 5.88 Å². The van der Waals surface area contributed by atoms with E-state index in [1.807, 2.05) is 36.4 Å². The van der Waals surface area contributed by atoms with Crippen molar-refractivity contribution >= 4 is 17.3 Å². The quantitative estimate of drug-likeness (QED) is 0.447. The van der Waals surface area contributed by atoms with Crippen LogP contribution in [0.1, 0.15) is 10.4 Å². The van der Waals surface area contributed by atoms with E-state index in [1.165, 1.54) is 4.88 Å². The van der Waals surface area contributed by atoms with E-state index < -0.39 is 0 Å². The zero-order valence-electron chi connectivity index (χ0n) is 16.0. The second-order valence-corrected chi connectivity index (χ2v) is 7.00. The molecule has 0 fully saturated rings. The number of hydrogen-bond donors (Lipinski definition) is 2. The Balaban J connectivity index is 1.46. The molecule has 1 aromatic carbocycles. The molecule has 0 saturated heterocycles. The van der Waals surface area contributed by atoms with Crippen molar-refractivity contribution in [2.45, 2.75) is 13.0 Å². The van der Waals surface area contributed by atoms with E-state index in [0.717, 1.165) is 30.2 Å². The molecule has 3 aromatic rings. The van der Waals surface area contributed by atoms with Crippen LogP contribution in [0.3, 0.4) is 0 Å². The number of aromatic nitrogens is 1. The number of methoxy groups -OCH3 is 1. The number of pyridine rings is 1. The summed E-state index contributed by atoms with van der Waals surface area (Å²) in [6.07, 6.45) is 2.78. The predicted octanol–water partition coefficient (Wildman–Crippen LogP) is 3.85.